The topological polar surface area (TPSA) is 58.6 Å². The summed E-state index contributed by atoms with van der Waals surface area (Å²) in [5.41, 5.74) is -1.22. The Morgan fingerprint density at radius 3 is 2.38 bits per heavy atom. The largest absolute Gasteiger partial charge is 0.547 e. The first-order chi connectivity index (χ1) is 6.06. The van der Waals surface area contributed by atoms with E-state index >= 15 is 0 Å². The SMILES string of the molecule is CCOCCC(C)(OCC)C(=O)[O-]. The molecule has 0 fully saturated rings. The lowest BCUT2D eigenvalue weighted by Crippen LogP contribution is -2.48. The summed E-state index contributed by atoms with van der Waals surface area (Å²) in [4.78, 5) is 10.7. The summed E-state index contributed by atoms with van der Waals surface area (Å²) in [6.45, 7) is 6.43. The Morgan fingerprint density at radius 1 is 1.38 bits per heavy atom. The van der Waals surface area contributed by atoms with Gasteiger partial charge in [-0.2, -0.15) is 0 Å². The van der Waals surface area contributed by atoms with Gasteiger partial charge in [-0.05, 0) is 20.8 Å². The number of ether oxygens (including phenoxy) is 2. The molecule has 0 bridgehead atoms. The van der Waals surface area contributed by atoms with E-state index in [1.165, 1.54) is 6.92 Å². The van der Waals surface area contributed by atoms with E-state index in [9.17, 15) is 9.90 Å². The minimum absolute atomic E-state index is 0.316. The zero-order valence-corrected chi connectivity index (χ0v) is 8.46. The quantitative estimate of drug-likeness (QED) is 0.527. The second-order valence-electron chi connectivity index (χ2n) is 2.90. The minimum Gasteiger partial charge on any atom is -0.547 e. The van der Waals surface area contributed by atoms with Gasteiger partial charge in [-0.1, -0.05) is 0 Å². The molecule has 0 aromatic carbocycles. The molecule has 13 heavy (non-hydrogen) atoms. The maximum Gasteiger partial charge on any atom is 0.107 e. The van der Waals surface area contributed by atoms with Crippen LogP contribution in [0.4, 0.5) is 0 Å². The van der Waals surface area contributed by atoms with Crippen molar-refractivity contribution in [3.05, 3.63) is 0 Å². The number of carboxylic acid groups (broad SMARTS) is 1. The molecule has 0 aliphatic carbocycles. The molecule has 4 heteroatoms. The molecule has 0 aliphatic rings. The van der Waals surface area contributed by atoms with E-state index in [0.717, 1.165) is 0 Å². The number of carbonyl (C=O) groups is 1. The average molecular weight is 189 g/mol. The lowest BCUT2D eigenvalue weighted by atomic mass is 10.0. The lowest BCUT2D eigenvalue weighted by molar-refractivity contribution is -0.327. The van der Waals surface area contributed by atoms with E-state index in [0.29, 0.717) is 26.2 Å². The van der Waals surface area contributed by atoms with E-state index in [4.69, 9.17) is 9.47 Å². The third-order valence-electron chi connectivity index (χ3n) is 1.82. The molecule has 0 aromatic rings. The summed E-state index contributed by atoms with van der Waals surface area (Å²) in [5.74, 6) is -1.19. The van der Waals surface area contributed by atoms with Gasteiger partial charge in [-0.3, -0.25) is 0 Å². The summed E-state index contributed by atoms with van der Waals surface area (Å²) >= 11 is 0. The van der Waals surface area contributed by atoms with Crippen molar-refractivity contribution in [3.8, 4) is 0 Å². The molecular formula is C9H17O4-. The molecule has 78 valence electrons. The van der Waals surface area contributed by atoms with Crippen LogP contribution in [0.15, 0.2) is 0 Å². The predicted octanol–water partition coefficient (Wildman–Crippen LogP) is -0.0419. The van der Waals surface area contributed by atoms with Crippen LogP contribution in [0.5, 0.6) is 0 Å². The molecule has 0 aromatic heterocycles. The number of aliphatic carboxylic acids is 1. The van der Waals surface area contributed by atoms with E-state index in [1.54, 1.807) is 6.92 Å². The molecule has 0 radical (unpaired) electrons. The van der Waals surface area contributed by atoms with Crippen LogP contribution in [0.1, 0.15) is 27.2 Å². The Labute approximate surface area is 78.8 Å². The summed E-state index contributed by atoms with van der Waals surface area (Å²) in [5, 5.41) is 10.7. The Hall–Kier alpha value is -0.610. The number of hydrogen-bond acceptors (Lipinski definition) is 4. The highest BCUT2D eigenvalue weighted by atomic mass is 16.5. The molecule has 4 nitrogen and oxygen atoms in total. The molecular weight excluding hydrogens is 172 g/mol. The maximum atomic E-state index is 10.7. The fourth-order valence-corrected chi connectivity index (χ4v) is 0.963. The molecule has 0 amide bonds. The molecule has 0 aliphatic heterocycles. The van der Waals surface area contributed by atoms with Crippen LogP contribution in [0.25, 0.3) is 0 Å². The van der Waals surface area contributed by atoms with Gasteiger partial charge in [0.25, 0.3) is 0 Å². The van der Waals surface area contributed by atoms with Crippen LogP contribution in [0.3, 0.4) is 0 Å². The van der Waals surface area contributed by atoms with Crippen LogP contribution in [0, 0.1) is 0 Å². The van der Waals surface area contributed by atoms with Gasteiger partial charge in [0.15, 0.2) is 0 Å². The van der Waals surface area contributed by atoms with Crippen molar-refractivity contribution in [3.63, 3.8) is 0 Å². The van der Waals surface area contributed by atoms with Crippen LogP contribution < -0.4 is 5.11 Å². The molecule has 0 rings (SSSR count). The lowest BCUT2D eigenvalue weighted by Gasteiger charge is -2.30. The van der Waals surface area contributed by atoms with Gasteiger partial charge in [-0.15, -0.1) is 0 Å². The first-order valence-electron chi connectivity index (χ1n) is 4.50. The molecule has 0 heterocycles. The Balaban J connectivity index is 4.00. The van der Waals surface area contributed by atoms with Crippen LogP contribution in [0.2, 0.25) is 0 Å². The zero-order valence-electron chi connectivity index (χ0n) is 8.46. The Kier molecular flexibility index (Phi) is 5.66. The third kappa shape index (κ3) is 4.24. The van der Waals surface area contributed by atoms with Gasteiger partial charge in [0, 0.05) is 26.2 Å². The van der Waals surface area contributed by atoms with E-state index < -0.39 is 11.6 Å². The van der Waals surface area contributed by atoms with Crippen molar-refractivity contribution >= 4 is 5.97 Å². The fraction of sp³-hybridized carbons (Fsp3) is 0.889. The van der Waals surface area contributed by atoms with Crippen LogP contribution in [-0.4, -0.2) is 31.4 Å². The van der Waals surface area contributed by atoms with Gasteiger partial charge >= 0.3 is 0 Å². The fourth-order valence-electron chi connectivity index (χ4n) is 0.963. The van der Waals surface area contributed by atoms with Crippen molar-refractivity contribution in [1.82, 2.24) is 0 Å². The highest BCUT2D eigenvalue weighted by Crippen LogP contribution is 2.14. The van der Waals surface area contributed by atoms with Gasteiger partial charge in [0.05, 0.1) is 5.97 Å². The normalized spacial score (nSPS) is 15.3. The third-order valence-corrected chi connectivity index (χ3v) is 1.82. The van der Waals surface area contributed by atoms with Crippen molar-refractivity contribution in [2.75, 3.05) is 19.8 Å². The molecule has 1 atom stereocenters. The zero-order chi connectivity index (χ0) is 10.3. The van der Waals surface area contributed by atoms with Gasteiger partial charge in [-0.25, -0.2) is 0 Å². The first-order valence-corrected chi connectivity index (χ1v) is 4.50. The van der Waals surface area contributed by atoms with Gasteiger partial charge < -0.3 is 19.4 Å². The molecule has 0 spiro atoms. The van der Waals surface area contributed by atoms with Crippen LogP contribution >= 0.6 is 0 Å². The number of hydrogen-bond donors (Lipinski definition) is 0. The second kappa shape index (κ2) is 5.94. The van der Waals surface area contributed by atoms with Crippen molar-refractivity contribution in [2.45, 2.75) is 32.8 Å². The van der Waals surface area contributed by atoms with E-state index in [1.807, 2.05) is 6.92 Å². The maximum absolute atomic E-state index is 10.7. The number of carbonyl (C=O) groups excluding carboxylic acids is 1. The van der Waals surface area contributed by atoms with Gasteiger partial charge in [0.2, 0.25) is 0 Å². The monoisotopic (exact) mass is 189 g/mol. The first kappa shape index (κ1) is 12.4. The van der Waals surface area contributed by atoms with E-state index in [2.05, 4.69) is 0 Å². The van der Waals surface area contributed by atoms with Crippen molar-refractivity contribution in [2.24, 2.45) is 0 Å². The van der Waals surface area contributed by atoms with Crippen molar-refractivity contribution in [1.29, 1.82) is 0 Å². The summed E-state index contributed by atoms with van der Waals surface area (Å²) < 4.78 is 10.1. The summed E-state index contributed by atoms with van der Waals surface area (Å²) in [6, 6.07) is 0. The Morgan fingerprint density at radius 2 is 2.00 bits per heavy atom. The minimum atomic E-state index is -1.22. The Bertz CT molecular complexity index is 158. The second-order valence-corrected chi connectivity index (χ2v) is 2.90. The average Bonchev–Trinajstić information content (AvgIpc) is 2.05. The summed E-state index contributed by atoms with van der Waals surface area (Å²) in [6.07, 6.45) is 0.316. The highest BCUT2D eigenvalue weighted by molar-refractivity contribution is 5.74. The smallest absolute Gasteiger partial charge is 0.107 e. The molecule has 0 saturated carbocycles. The molecule has 1 unspecified atom stereocenters. The predicted molar refractivity (Wildman–Crippen MR) is 46.1 cm³/mol. The van der Waals surface area contributed by atoms with Gasteiger partial charge in [0.1, 0.15) is 5.60 Å². The number of rotatable bonds is 7. The summed E-state index contributed by atoms with van der Waals surface area (Å²) in [7, 11) is 0. The number of carboxylic acids is 1. The molecule has 0 N–H and O–H groups in total. The standard InChI is InChI=1S/C9H18O4/c1-4-12-7-6-9(3,8(10)11)13-5-2/h4-7H2,1-3H3,(H,10,11)/p-1. The van der Waals surface area contributed by atoms with Crippen LogP contribution in [-0.2, 0) is 14.3 Å². The van der Waals surface area contributed by atoms with E-state index in [-0.39, 0.29) is 0 Å². The highest BCUT2D eigenvalue weighted by Gasteiger charge is 2.25. The van der Waals surface area contributed by atoms with Crippen molar-refractivity contribution < 1.29 is 19.4 Å². The molecule has 0 saturated heterocycles.